The van der Waals surface area contributed by atoms with Gasteiger partial charge in [-0.25, -0.2) is 4.98 Å². The number of hydrogen-bond acceptors (Lipinski definition) is 6. The Balaban J connectivity index is 1.92. The van der Waals surface area contributed by atoms with Gasteiger partial charge in [0.15, 0.2) is 17.3 Å². The van der Waals surface area contributed by atoms with Crippen molar-refractivity contribution in [2.45, 2.75) is 26.7 Å². The van der Waals surface area contributed by atoms with Crippen molar-refractivity contribution in [1.82, 2.24) is 9.66 Å². The molecule has 0 radical (unpaired) electrons. The van der Waals surface area contributed by atoms with E-state index in [1.807, 2.05) is 31.2 Å². The van der Waals surface area contributed by atoms with Gasteiger partial charge in [0.1, 0.15) is 12.4 Å². The first-order valence-corrected chi connectivity index (χ1v) is 12.5. The fourth-order valence-electron chi connectivity index (χ4n) is 4.19. The number of methoxy groups -OCH3 is 2. The number of aromatic nitrogens is 2. The van der Waals surface area contributed by atoms with Crippen LogP contribution in [0.2, 0.25) is 5.02 Å². The molecule has 0 atom stereocenters. The van der Waals surface area contributed by atoms with Crippen LogP contribution in [0.5, 0.6) is 17.2 Å². The predicted molar refractivity (Wildman–Crippen MR) is 154 cm³/mol. The number of nitrogens with zero attached hydrogens (tertiary/aromatic N) is 3. The van der Waals surface area contributed by atoms with Gasteiger partial charge in [0.25, 0.3) is 5.56 Å². The smallest absolute Gasteiger partial charge is 0.282 e. The van der Waals surface area contributed by atoms with E-state index in [-0.39, 0.29) is 18.1 Å². The monoisotopic (exact) mass is 531 g/mol. The zero-order chi connectivity index (χ0) is 27.4. The molecule has 0 amide bonds. The Morgan fingerprint density at radius 3 is 2.53 bits per heavy atom. The van der Waals surface area contributed by atoms with E-state index in [9.17, 15) is 4.79 Å². The third-order valence-corrected chi connectivity index (χ3v) is 6.39. The van der Waals surface area contributed by atoms with Crippen LogP contribution in [-0.2, 0) is 0 Å². The summed E-state index contributed by atoms with van der Waals surface area (Å²) in [6.45, 7) is 10.1. The molecule has 0 fully saturated rings. The molecule has 4 aromatic rings. The van der Waals surface area contributed by atoms with E-state index in [1.54, 1.807) is 43.7 Å². The summed E-state index contributed by atoms with van der Waals surface area (Å²) in [4.78, 5) is 18.5. The predicted octanol–water partition coefficient (Wildman–Crippen LogP) is 6.61. The lowest BCUT2D eigenvalue weighted by Gasteiger charge is -2.17. The van der Waals surface area contributed by atoms with Gasteiger partial charge in [-0.1, -0.05) is 50.2 Å². The molecule has 0 N–H and O–H groups in total. The molecule has 0 aliphatic carbocycles. The molecule has 0 spiro atoms. The Labute approximate surface area is 227 Å². The van der Waals surface area contributed by atoms with E-state index < -0.39 is 0 Å². The highest BCUT2D eigenvalue weighted by atomic mass is 35.5. The van der Waals surface area contributed by atoms with Crippen molar-refractivity contribution < 1.29 is 14.2 Å². The van der Waals surface area contributed by atoms with Crippen molar-refractivity contribution in [1.29, 1.82) is 0 Å². The van der Waals surface area contributed by atoms with Crippen LogP contribution < -0.4 is 19.8 Å². The Morgan fingerprint density at radius 2 is 1.84 bits per heavy atom. The fraction of sp³-hybridized carbons (Fsp3) is 0.233. The highest BCUT2D eigenvalue weighted by Gasteiger charge is 2.18. The van der Waals surface area contributed by atoms with Crippen molar-refractivity contribution in [2.75, 3.05) is 20.8 Å². The van der Waals surface area contributed by atoms with E-state index in [2.05, 4.69) is 25.5 Å². The third kappa shape index (κ3) is 5.29. The minimum absolute atomic E-state index is 0.199. The Bertz CT molecular complexity index is 1590. The second kappa shape index (κ2) is 11.5. The highest BCUT2D eigenvalue weighted by molar-refractivity contribution is 6.32. The molecular weight excluding hydrogens is 502 g/mol. The first kappa shape index (κ1) is 26.9. The number of aryl methyl sites for hydroxylation is 1. The average molecular weight is 532 g/mol. The Kier molecular flexibility index (Phi) is 8.17. The lowest BCUT2D eigenvalue weighted by molar-refractivity contribution is 0.326. The zero-order valence-electron chi connectivity index (χ0n) is 22.1. The molecule has 4 rings (SSSR count). The molecule has 0 aliphatic rings. The van der Waals surface area contributed by atoms with Crippen LogP contribution in [-0.4, -0.2) is 36.7 Å². The summed E-state index contributed by atoms with van der Waals surface area (Å²) < 4.78 is 18.0. The molecule has 196 valence electrons. The minimum atomic E-state index is -0.285. The van der Waals surface area contributed by atoms with Crippen LogP contribution in [0, 0.1) is 6.92 Å². The first-order valence-electron chi connectivity index (χ1n) is 12.1. The molecule has 38 heavy (non-hydrogen) atoms. The van der Waals surface area contributed by atoms with Crippen LogP contribution in [0.3, 0.4) is 0 Å². The zero-order valence-corrected chi connectivity index (χ0v) is 22.9. The summed E-state index contributed by atoms with van der Waals surface area (Å²) in [5.74, 6) is 2.27. The van der Waals surface area contributed by atoms with Crippen molar-refractivity contribution in [3.8, 4) is 28.6 Å². The summed E-state index contributed by atoms with van der Waals surface area (Å²) in [6, 6.07) is 14.6. The second-order valence-electron chi connectivity index (χ2n) is 9.01. The quantitative estimate of drug-likeness (QED) is 0.179. The summed E-state index contributed by atoms with van der Waals surface area (Å²) in [7, 11) is 3.18. The Morgan fingerprint density at radius 1 is 1.11 bits per heavy atom. The average Bonchev–Trinajstić information content (AvgIpc) is 2.91. The van der Waals surface area contributed by atoms with Gasteiger partial charge >= 0.3 is 0 Å². The number of fused-ring (bicyclic) bond motifs is 1. The van der Waals surface area contributed by atoms with Gasteiger partial charge in [0.2, 0.25) is 0 Å². The fourth-order valence-corrected chi connectivity index (χ4v) is 4.47. The molecule has 0 bridgehead atoms. The van der Waals surface area contributed by atoms with Gasteiger partial charge in [-0.15, -0.1) is 0 Å². The highest BCUT2D eigenvalue weighted by Crippen LogP contribution is 2.36. The summed E-state index contributed by atoms with van der Waals surface area (Å²) in [5.41, 5.74) is 3.64. The van der Waals surface area contributed by atoms with Gasteiger partial charge < -0.3 is 14.2 Å². The molecule has 0 aliphatic heterocycles. The number of halogens is 1. The molecular formula is C30H30ClN3O4. The molecule has 7 nitrogen and oxygen atoms in total. The first-order chi connectivity index (χ1) is 18.3. The van der Waals surface area contributed by atoms with Gasteiger partial charge in [-0.2, -0.15) is 9.78 Å². The van der Waals surface area contributed by atoms with Crippen molar-refractivity contribution in [3.63, 3.8) is 0 Å². The molecule has 3 aromatic carbocycles. The number of rotatable bonds is 9. The van der Waals surface area contributed by atoms with Crippen molar-refractivity contribution in [2.24, 2.45) is 5.10 Å². The van der Waals surface area contributed by atoms with Crippen LogP contribution in [0.15, 0.2) is 71.1 Å². The molecule has 0 unspecified atom stereocenters. The number of para-hydroxylation sites is 1. The van der Waals surface area contributed by atoms with Crippen molar-refractivity contribution in [3.05, 3.63) is 93.3 Å². The van der Waals surface area contributed by atoms with E-state index >= 15 is 0 Å². The van der Waals surface area contributed by atoms with E-state index in [0.29, 0.717) is 38.8 Å². The summed E-state index contributed by atoms with van der Waals surface area (Å²) >= 11 is 6.47. The number of ether oxygens (including phenoxy) is 3. The largest absolute Gasteiger partial charge is 0.496 e. The minimum Gasteiger partial charge on any atom is -0.496 e. The maximum atomic E-state index is 13.7. The third-order valence-electron chi connectivity index (χ3n) is 6.11. The maximum Gasteiger partial charge on any atom is 0.282 e. The van der Waals surface area contributed by atoms with Crippen LogP contribution in [0.25, 0.3) is 22.3 Å². The van der Waals surface area contributed by atoms with Crippen LogP contribution in [0.1, 0.15) is 36.5 Å². The summed E-state index contributed by atoms with van der Waals surface area (Å²) in [6.07, 6.45) is 3.17. The maximum absolute atomic E-state index is 13.7. The SMILES string of the molecule is C=CCOc1c(Cl)cc(C=Nn2c(-c3cc(C(C)C)c(OC)cc3C)nc3ccccc3c2=O)cc1OC. The molecule has 1 heterocycles. The van der Waals surface area contributed by atoms with Crippen LogP contribution >= 0.6 is 11.6 Å². The molecule has 0 saturated carbocycles. The lowest BCUT2D eigenvalue weighted by atomic mass is 9.96. The topological polar surface area (TPSA) is 74.9 Å². The second-order valence-corrected chi connectivity index (χ2v) is 9.42. The van der Waals surface area contributed by atoms with Gasteiger partial charge in [-0.05, 0) is 65.9 Å². The lowest BCUT2D eigenvalue weighted by Crippen LogP contribution is -2.20. The van der Waals surface area contributed by atoms with E-state index in [0.717, 1.165) is 22.4 Å². The molecule has 8 heteroatoms. The van der Waals surface area contributed by atoms with Gasteiger partial charge in [-0.3, -0.25) is 4.79 Å². The number of benzene rings is 3. The number of hydrogen-bond donors (Lipinski definition) is 0. The van der Waals surface area contributed by atoms with Gasteiger partial charge in [0, 0.05) is 5.56 Å². The van der Waals surface area contributed by atoms with E-state index in [4.69, 9.17) is 30.8 Å². The molecule has 1 aromatic heterocycles. The van der Waals surface area contributed by atoms with Crippen molar-refractivity contribution >= 4 is 28.7 Å². The standard InChI is InChI=1S/C30H30ClN3O4/c1-7-12-38-28-24(31)14-20(15-27(28)37-6)17-32-34-29(33-25-11-9-8-10-21(25)30(34)35)23-16-22(18(2)3)26(36-5)13-19(23)4/h7-11,13-18H,1,12H2,2-6H3. The normalized spacial score (nSPS) is 11.3. The van der Waals surface area contributed by atoms with Gasteiger partial charge in [0.05, 0.1) is 36.4 Å². The van der Waals surface area contributed by atoms with E-state index in [1.165, 1.54) is 11.8 Å². The molecule has 0 saturated heterocycles. The summed E-state index contributed by atoms with van der Waals surface area (Å²) in [5, 5.41) is 5.40. The van der Waals surface area contributed by atoms with Crippen LogP contribution in [0.4, 0.5) is 0 Å². The Hall–Kier alpha value is -4.10.